The number of hydrogen-bond donors (Lipinski definition) is 1. The van der Waals surface area contributed by atoms with Crippen LogP contribution in [-0.2, 0) is 6.54 Å². The first-order chi connectivity index (χ1) is 9.75. The molecule has 3 aromatic rings. The number of furan rings is 1. The van der Waals surface area contributed by atoms with E-state index in [9.17, 15) is 0 Å². The minimum atomic E-state index is 0.277. The fourth-order valence-corrected chi connectivity index (χ4v) is 3.00. The van der Waals surface area contributed by atoms with Crippen molar-refractivity contribution in [2.24, 2.45) is 0 Å². The molecule has 0 fully saturated rings. The summed E-state index contributed by atoms with van der Waals surface area (Å²) in [5, 5.41) is 4.72. The smallest absolute Gasteiger partial charge is 0.134 e. The summed E-state index contributed by atoms with van der Waals surface area (Å²) in [5.41, 5.74) is 3.40. The van der Waals surface area contributed by atoms with E-state index in [-0.39, 0.29) is 6.04 Å². The van der Waals surface area contributed by atoms with Gasteiger partial charge in [0.15, 0.2) is 0 Å². The third kappa shape index (κ3) is 2.65. The molecule has 3 heteroatoms. The number of nitrogens with one attached hydrogen (secondary N) is 1. The van der Waals surface area contributed by atoms with Crippen LogP contribution in [0, 0.1) is 0 Å². The van der Waals surface area contributed by atoms with Crippen molar-refractivity contribution in [2.45, 2.75) is 19.5 Å². The first-order valence-corrected chi connectivity index (χ1v) is 7.48. The summed E-state index contributed by atoms with van der Waals surface area (Å²) >= 11 is 3.60. The lowest BCUT2D eigenvalue weighted by atomic mass is 10.1. The van der Waals surface area contributed by atoms with Crippen LogP contribution in [0.25, 0.3) is 11.0 Å². The van der Waals surface area contributed by atoms with Gasteiger partial charge in [0.05, 0.1) is 6.26 Å². The number of benzene rings is 2. The monoisotopic (exact) mass is 329 g/mol. The average molecular weight is 330 g/mol. The molecule has 102 valence electrons. The van der Waals surface area contributed by atoms with Gasteiger partial charge in [-0.1, -0.05) is 52.3 Å². The zero-order valence-electron chi connectivity index (χ0n) is 11.3. The lowest BCUT2D eigenvalue weighted by molar-refractivity contribution is 0.561. The van der Waals surface area contributed by atoms with E-state index >= 15 is 0 Å². The molecular formula is C17H16BrNO. The SMILES string of the molecule is C[C@H](NCc1coc2ccccc12)c1ccccc1Br. The number of hydrogen-bond acceptors (Lipinski definition) is 2. The van der Waals surface area contributed by atoms with Gasteiger partial charge in [-0.15, -0.1) is 0 Å². The van der Waals surface area contributed by atoms with Crippen LogP contribution in [0.3, 0.4) is 0 Å². The number of fused-ring (bicyclic) bond motifs is 1. The molecule has 0 unspecified atom stereocenters. The van der Waals surface area contributed by atoms with Crippen molar-refractivity contribution in [1.29, 1.82) is 0 Å². The van der Waals surface area contributed by atoms with E-state index in [2.05, 4.69) is 52.4 Å². The van der Waals surface area contributed by atoms with Crippen molar-refractivity contribution < 1.29 is 4.42 Å². The first-order valence-electron chi connectivity index (χ1n) is 6.68. The Balaban J connectivity index is 1.75. The second kappa shape index (κ2) is 5.81. The van der Waals surface area contributed by atoms with E-state index in [4.69, 9.17) is 4.42 Å². The maximum absolute atomic E-state index is 5.56. The Hall–Kier alpha value is -1.58. The molecule has 0 aliphatic rings. The minimum Gasteiger partial charge on any atom is -0.464 e. The van der Waals surface area contributed by atoms with Crippen LogP contribution in [0.2, 0.25) is 0 Å². The van der Waals surface area contributed by atoms with Crippen molar-refractivity contribution in [3.05, 3.63) is 70.4 Å². The molecule has 0 radical (unpaired) electrons. The van der Waals surface area contributed by atoms with E-state index in [1.165, 1.54) is 16.5 Å². The molecule has 2 nitrogen and oxygen atoms in total. The van der Waals surface area contributed by atoms with Gasteiger partial charge in [0.2, 0.25) is 0 Å². The maximum atomic E-state index is 5.56. The predicted molar refractivity (Wildman–Crippen MR) is 85.6 cm³/mol. The van der Waals surface area contributed by atoms with Crippen molar-refractivity contribution in [3.63, 3.8) is 0 Å². The van der Waals surface area contributed by atoms with Crippen molar-refractivity contribution in [2.75, 3.05) is 0 Å². The average Bonchev–Trinajstić information content (AvgIpc) is 2.88. The summed E-state index contributed by atoms with van der Waals surface area (Å²) in [6, 6.07) is 16.7. The summed E-state index contributed by atoms with van der Waals surface area (Å²) in [4.78, 5) is 0. The minimum absolute atomic E-state index is 0.277. The molecule has 0 aliphatic carbocycles. The van der Waals surface area contributed by atoms with Gasteiger partial charge in [0, 0.05) is 28.0 Å². The molecule has 0 aliphatic heterocycles. The molecule has 0 saturated carbocycles. The summed E-state index contributed by atoms with van der Waals surface area (Å²) in [7, 11) is 0. The van der Waals surface area contributed by atoms with Gasteiger partial charge in [-0.05, 0) is 24.6 Å². The fraction of sp³-hybridized carbons (Fsp3) is 0.176. The molecule has 1 aromatic heterocycles. The van der Waals surface area contributed by atoms with Gasteiger partial charge >= 0.3 is 0 Å². The van der Waals surface area contributed by atoms with Crippen LogP contribution in [0.4, 0.5) is 0 Å². The normalized spacial score (nSPS) is 12.7. The predicted octanol–water partition coefficient (Wildman–Crippen LogP) is 5.05. The Bertz CT molecular complexity index is 720. The Morgan fingerprint density at radius 2 is 1.85 bits per heavy atom. The highest BCUT2D eigenvalue weighted by atomic mass is 79.9. The Morgan fingerprint density at radius 3 is 2.70 bits per heavy atom. The van der Waals surface area contributed by atoms with Gasteiger partial charge < -0.3 is 9.73 Å². The zero-order chi connectivity index (χ0) is 13.9. The molecule has 2 aromatic carbocycles. The summed E-state index contributed by atoms with van der Waals surface area (Å²) in [5.74, 6) is 0. The molecule has 1 atom stereocenters. The molecule has 1 heterocycles. The molecule has 0 amide bonds. The number of para-hydroxylation sites is 1. The summed E-state index contributed by atoms with van der Waals surface area (Å²) in [6.45, 7) is 2.96. The number of rotatable bonds is 4. The van der Waals surface area contributed by atoms with Gasteiger partial charge in [0.25, 0.3) is 0 Å². The number of halogens is 1. The molecule has 0 spiro atoms. The van der Waals surface area contributed by atoms with Gasteiger partial charge in [-0.25, -0.2) is 0 Å². The standard InChI is InChI=1S/C17H16BrNO/c1-12(14-6-2-4-8-16(14)18)19-10-13-11-20-17-9-5-3-7-15(13)17/h2-9,11-12,19H,10H2,1H3/t12-/m0/s1. The van der Waals surface area contributed by atoms with Gasteiger partial charge in [-0.3, -0.25) is 0 Å². The Morgan fingerprint density at radius 1 is 1.10 bits per heavy atom. The molecule has 1 N–H and O–H groups in total. The van der Waals surface area contributed by atoms with Crippen LogP contribution < -0.4 is 5.32 Å². The van der Waals surface area contributed by atoms with Crippen LogP contribution in [-0.4, -0.2) is 0 Å². The summed E-state index contributed by atoms with van der Waals surface area (Å²) in [6.07, 6.45) is 1.84. The topological polar surface area (TPSA) is 25.2 Å². The van der Waals surface area contributed by atoms with E-state index in [0.29, 0.717) is 0 Å². The highest BCUT2D eigenvalue weighted by Crippen LogP contribution is 2.24. The van der Waals surface area contributed by atoms with Crippen molar-refractivity contribution in [3.8, 4) is 0 Å². The van der Waals surface area contributed by atoms with Gasteiger partial charge in [-0.2, -0.15) is 0 Å². The Labute approximate surface area is 126 Å². The molecule has 0 bridgehead atoms. The largest absolute Gasteiger partial charge is 0.464 e. The van der Waals surface area contributed by atoms with E-state index in [0.717, 1.165) is 16.6 Å². The van der Waals surface area contributed by atoms with E-state index < -0.39 is 0 Å². The van der Waals surface area contributed by atoms with Crippen LogP contribution >= 0.6 is 15.9 Å². The molecule has 0 saturated heterocycles. The highest BCUT2D eigenvalue weighted by Gasteiger charge is 2.10. The van der Waals surface area contributed by atoms with Crippen LogP contribution in [0.1, 0.15) is 24.1 Å². The highest BCUT2D eigenvalue weighted by molar-refractivity contribution is 9.10. The van der Waals surface area contributed by atoms with E-state index in [1.807, 2.05) is 30.5 Å². The first kappa shape index (κ1) is 13.4. The van der Waals surface area contributed by atoms with Crippen molar-refractivity contribution in [1.82, 2.24) is 5.32 Å². The zero-order valence-corrected chi connectivity index (χ0v) is 12.9. The van der Waals surface area contributed by atoms with Crippen molar-refractivity contribution >= 4 is 26.9 Å². The summed E-state index contributed by atoms with van der Waals surface area (Å²) < 4.78 is 6.70. The van der Waals surface area contributed by atoms with Crippen LogP contribution in [0.15, 0.2) is 63.7 Å². The molecule has 20 heavy (non-hydrogen) atoms. The lowest BCUT2D eigenvalue weighted by Gasteiger charge is -2.15. The van der Waals surface area contributed by atoms with Gasteiger partial charge in [0.1, 0.15) is 5.58 Å². The third-order valence-corrected chi connectivity index (χ3v) is 4.25. The quantitative estimate of drug-likeness (QED) is 0.724. The molecular weight excluding hydrogens is 314 g/mol. The second-order valence-corrected chi connectivity index (χ2v) is 5.74. The molecule has 3 rings (SSSR count). The third-order valence-electron chi connectivity index (χ3n) is 3.53. The fourth-order valence-electron chi connectivity index (χ4n) is 2.37. The Kier molecular flexibility index (Phi) is 3.90. The van der Waals surface area contributed by atoms with E-state index in [1.54, 1.807) is 0 Å². The maximum Gasteiger partial charge on any atom is 0.134 e. The van der Waals surface area contributed by atoms with Crippen LogP contribution in [0.5, 0.6) is 0 Å². The second-order valence-electron chi connectivity index (χ2n) is 4.88. The lowest BCUT2D eigenvalue weighted by Crippen LogP contribution is -2.18.